The van der Waals surface area contributed by atoms with Crippen LogP contribution < -0.4 is 0 Å². The summed E-state index contributed by atoms with van der Waals surface area (Å²) in [5, 5.41) is 8.50. The van der Waals surface area contributed by atoms with Crippen molar-refractivity contribution in [2.45, 2.75) is 19.5 Å². The zero-order valence-corrected chi connectivity index (χ0v) is 9.29. The summed E-state index contributed by atoms with van der Waals surface area (Å²) in [4.78, 5) is 22.7. The largest absolute Gasteiger partial charge is 0.480 e. The lowest BCUT2D eigenvalue weighted by molar-refractivity contribution is -0.178. The van der Waals surface area contributed by atoms with Gasteiger partial charge in [-0.2, -0.15) is 13.2 Å². The maximum absolute atomic E-state index is 11.7. The van der Waals surface area contributed by atoms with E-state index in [0.717, 1.165) is 4.90 Å². The van der Waals surface area contributed by atoms with Crippen LogP contribution in [0.2, 0.25) is 0 Å². The van der Waals surface area contributed by atoms with Crippen molar-refractivity contribution in [3.05, 3.63) is 0 Å². The van der Waals surface area contributed by atoms with E-state index in [2.05, 4.69) is 4.74 Å². The maximum atomic E-state index is 11.7. The van der Waals surface area contributed by atoms with Crippen LogP contribution in [-0.2, 0) is 14.3 Å². The molecule has 0 radical (unpaired) electrons. The summed E-state index contributed by atoms with van der Waals surface area (Å²) in [5.41, 5.74) is 0. The molecule has 1 N–H and O–H groups in total. The fraction of sp³-hybridized carbons (Fsp3) is 0.778. The van der Waals surface area contributed by atoms with Gasteiger partial charge in [-0.1, -0.05) is 6.92 Å². The van der Waals surface area contributed by atoms with Crippen molar-refractivity contribution in [3.63, 3.8) is 0 Å². The van der Waals surface area contributed by atoms with Crippen LogP contribution in [0.25, 0.3) is 0 Å². The first-order chi connectivity index (χ1) is 7.76. The highest BCUT2D eigenvalue weighted by atomic mass is 19.4. The number of ether oxygens (including phenoxy) is 1. The van der Waals surface area contributed by atoms with Gasteiger partial charge in [0.25, 0.3) is 0 Å². The monoisotopic (exact) mass is 257 g/mol. The molecule has 0 aliphatic rings. The first-order valence-electron chi connectivity index (χ1n) is 4.90. The third kappa shape index (κ3) is 8.49. The average molecular weight is 257 g/mol. The molecule has 0 fully saturated rings. The van der Waals surface area contributed by atoms with Gasteiger partial charge in [-0.05, 0) is 6.42 Å². The van der Waals surface area contributed by atoms with E-state index < -0.39 is 37.8 Å². The molecule has 0 saturated carbocycles. The van der Waals surface area contributed by atoms with Crippen molar-refractivity contribution in [2.75, 3.05) is 26.3 Å². The van der Waals surface area contributed by atoms with E-state index in [1.54, 1.807) is 6.92 Å². The highest BCUT2D eigenvalue weighted by Crippen LogP contribution is 2.14. The number of rotatable bonds is 7. The molecule has 0 aliphatic carbocycles. The first kappa shape index (κ1) is 15.7. The number of carboxylic acids is 1. The summed E-state index contributed by atoms with van der Waals surface area (Å²) < 4.78 is 39.3. The third-order valence-electron chi connectivity index (χ3n) is 1.66. The topological polar surface area (TPSA) is 66.8 Å². The fourth-order valence-electron chi connectivity index (χ4n) is 1.07. The quantitative estimate of drug-likeness (QED) is 0.735. The Morgan fingerprint density at radius 2 is 1.94 bits per heavy atom. The zero-order chi connectivity index (χ0) is 13.5. The van der Waals surface area contributed by atoms with Crippen LogP contribution >= 0.6 is 0 Å². The third-order valence-corrected chi connectivity index (χ3v) is 1.66. The zero-order valence-electron chi connectivity index (χ0n) is 9.29. The van der Waals surface area contributed by atoms with Gasteiger partial charge in [0.05, 0.1) is 0 Å². The molecule has 0 saturated heterocycles. The van der Waals surface area contributed by atoms with Gasteiger partial charge in [0.1, 0.15) is 19.8 Å². The van der Waals surface area contributed by atoms with Gasteiger partial charge in [-0.25, -0.2) is 0 Å². The average Bonchev–Trinajstić information content (AvgIpc) is 2.14. The van der Waals surface area contributed by atoms with Gasteiger partial charge in [0.2, 0.25) is 5.91 Å². The molecule has 0 unspecified atom stereocenters. The maximum Gasteiger partial charge on any atom is 0.411 e. The number of hydrogen-bond donors (Lipinski definition) is 1. The molecule has 0 aromatic heterocycles. The van der Waals surface area contributed by atoms with Crippen molar-refractivity contribution in [3.8, 4) is 0 Å². The lowest BCUT2D eigenvalue weighted by Gasteiger charge is -2.19. The highest BCUT2D eigenvalue weighted by molar-refractivity contribution is 5.82. The van der Waals surface area contributed by atoms with Crippen LogP contribution in [0.5, 0.6) is 0 Å². The van der Waals surface area contributed by atoms with Crippen LogP contribution in [-0.4, -0.2) is 54.4 Å². The van der Waals surface area contributed by atoms with E-state index in [4.69, 9.17) is 5.11 Å². The SMILES string of the molecule is CCCN(CC(=O)O)C(=O)COCC(F)(F)F. The molecule has 0 aliphatic heterocycles. The standard InChI is InChI=1S/C9H14F3NO4/c1-2-3-13(4-8(15)16)7(14)5-17-6-9(10,11)12/h2-6H2,1H3,(H,15,16). The predicted molar refractivity (Wildman–Crippen MR) is 51.4 cm³/mol. The molecule has 0 rings (SSSR count). The van der Waals surface area contributed by atoms with Gasteiger partial charge in [0, 0.05) is 6.54 Å². The number of carboxylic acid groups (broad SMARTS) is 1. The Balaban J connectivity index is 4.10. The van der Waals surface area contributed by atoms with Crippen molar-refractivity contribution in [2.24, 2.45) is 0 Å². The molecule has 8 heteroatoms. The number of amides is 1. The van der Waals surface area contributed by atoms with Crippen LogP contribution in [0, 0.1) is 0 Å². The summed E-state index contributed by atoms with van der Waals surface area (Å²) in [5.74, 6) is -1.99. The number of carbonyl (C=O) groups is 2. The molecule has 1 amide bonds. The van der Waals surface area contributed by atoms with Gasteiger partial charge in [0.15, 0.2) is 0 Å². The van der Waals surface area contributed by atoms with Crippen molar-refractivity contribution < 1.29 is 32.6 Å². The highest BCUT2D eigenvalue weighted by Gasteiger charge is 2.28. The van der Waals surface area contributed by atoms with E-state index in [1.165, 1.54) is 0 Å². The van der Waals surface area contributed by atoms with Gasteiger partial charge >= 0.3 is 12.1 Å². The lowest BCUT2D eigenvalue weighted by Crippen LogP contribution is -2.39. The summed E-state index contributed by atoms with van der Waals surface area (Å²) in [6, 6.07) is 0. The smallest absolute Gasteiger partial charge is 0.411 e. The second-order valence-electron chi connectivity index (χ2n) is 3.32. The van der Waals surface area contributed by atoms with E-state index >= 15 is 0 Å². The summed E-state index contributed by atoms with van der Waals surface area (Å²) in [6.45, 7) is -0.945. The number of carbonyl (C=O) groups excluding carboxylic acids is 1. The lowest BCUT2D eigenvalue weighted by atomic mass is 10.4. The second kappa shape index (κ2) is 7.10. The molecular formula is C9H14F3NO4. The molecule has 100 valence electrons. The molecule has 0 spiro atoms. The Morgan fingerprint density at radius 3 is 2.35 bits per heavy atom. The van der Waals surface area contributed by atoms with Crippen molar-refractivity contribution >= 4 is 11.9 Å². The van der Waals surface area contributed by atoms with E-state index in [-0.39, 0.29) is 6.54 Å². The van der Waals surface area contributed by atoms with Crippen LogP contribution in [0.15, 0.2) is 0 Å². The summed E-state index contributed by atoms with van der Waals surface area (Å²) in [6.07, 6.45) is -3.99. The molecule has 0 atom stereocenters. The molecule has 0 aromatic rings. The Kier molecular flexibility index (Phi) is 6.55. The molecule has 5 nitrogen and oxygen atoms in total. The number of halogens is 3. The van der Waals surface area contributed by atoms with Crippen LogP contribution in [0.3, 0.4) is 0 Å². The number of aliphatic carboxylic acids is 1. The van der Waals surface area contributed by atoms with Gasteiger partial charge in [-0.3, -0.25) is 9.59 Å². The van der Waals surface area contributed by atoms with E-state index in [9.17, 15) is 22.8 Å². The Hall–Kier alpha value is -1.31. The minimum atomic E-state index is -4.50. The first-order valence-corrected chi connectivity index (χ1v) is 4.90. The number of nitrogens with zero attached hydrogens (tertiary/aromatic N) is 1. The second-order valence-corrected chi connectivity index (χ2v) is 3.32. The summed E-state index contributed by atoms with van der Waals surface area (Å²) in [7, 11) is 0. The Labute approximate surface area is 96.1 Å². The van der Waals surface area contributed by atoms with Gasteiger partial charge in [-0.15, -0.1) is 0 Å². The minimum absolute atomic E-state index is 0.167. The van der Waals surface area contributed by atoms with Crippen molar-refractivity contribution in [1.29, 1.82) is 0 Å². The van der Waals surface area contributed by atoms with Crippen LogP contribution in [0.1, 0.15) is 13.3 Å². The van der Waals surface area contributed by atoms with Gasteiger partial charge < -0.3 is 14.7 Å². The minimum Gasteiger partial charge on any atom is -0.480 e. The Morgan fingerprint density at radius 1 is 1.35 bits per heavy atom. The molecule has 0 aromatic carbocycles. The Bertz CT molecular complexity index is 267. The predicted octanol–water partition coefficient (Wildman–Crippen LogP) is 0.888. The van der Waals surface area contributed by atoms with E-state index in [1.807, 2.05) is 0 Å². The molecule has 17 heavy (non-hydrogen) atoms. The molecule has 0 bridgehead atoms. The molecule has 0 heterocycles. The summed E-state index contributed by atoms with van der Waals surface area (Å²) >= 11 is 0. The number of hydrogen-bond acceptors (Lipinski definition) is 3. The molecular weight excluding hydrogens is 243 g/mol. The van der Waals surface area contributed by atoms with Crippen LogP contribution in [0.4, 0.5) is 13.2 Å². The fourth-order valence-corrected chi connectivity index (χ4v) is 1.07. The van der Waals surface area contributed by atoms with Crippen molar-refractivity contribution in [1.82, 2.24) is 4.90 Å². The normalized spacial score (nSPS) is 11.3. The van der Waals surface area contributed by atoms with E-state index in [0.29, 0.717) is 6.42 Å². The number of alkyl halides is 3.